The third-order valence-corrected chi connectivity index (χ3v) is 3.21. The van der Waals surface area contributed by atoms with Gasteiger partial charge in [-0.2, -0.15) is 0 Å². The predicted octanol–water partition coefficient (Wildman–Crippen LogP) is 2.77. The van der Waals surface area contributed by atoms with Gasteiger partial charge in [0.25, 0.3) is 0 Å². The molecule has 2 N–H and O–H groups in total. The molecule has 0 aliphatic rings. The summed E-state index contributed by atoms with van der Waals surface area (Å²) >= 11 is 3.47. The summed E-state index contributed by atoms with van der Waals surface area (Å²) in [6, 6.07) is 6.01. The molecular formula is C13H15BrN4. The van der Waals surface area contributed by atoms with Crippen LogP contribution in [-0.4, -0.2) is 17.0 Å². The zero-order chi connectivity index (χ0) is 13.1. The van der Waals surface area contributed by atoms with Gasteiger partial charge in [0.2, 0.25) is 0 Å². The van der Waals surface area contributed by atoms with Gasteiger partial charge in [-0.15, -0.1) is 0 Å². The highest BCUT2D eigenvalue weighted by Gasteiger charge is 2.11. The summed E-state index contributed by atoms with van der Waals surface area (Å²) in [5.74, 6) is 0. The largest absolute Gasteiger partial charge is 0.396 e. The number of aryl methyl sites for hydroxylation is 1. The summed E-state index contributed by atoms with van der Waals surface area (Å²) in [6.07, 6.45) is 3.39. The lowest BCUT2D eigenvalue weighted by atomic mass is 10.2. The van der Waals surface area contributed by atoms with Gasteiger partial charge in [0.15, 0.2) is 0 Å². The topological polar surface area (TPSA) is 55.0 Å². The van der Waals surface area contributed by atoms with Crippen molar-refractivity contribution in [1.29, 1.82) is 0 Å². The van der Waals surface area contributed by atoms with E-state index in [2.05, 4.69) is 30.8 Å². The normalized spacial score (nSPS) is 10.4. The van der Waals surface area contributed by atoms with Gasteiger partial charge in [0.1, 0.15) is 0 Å². The Morgan fingerprint density at radius 1 is 1.33 bits per heavy atom. The van der Waals surface area contributed by atoms with Crippen LogP contribution in [-0.2, 0) is 6.54 Å². The summed E-state index contributed by atoms with van der Waals surface area (Å²) in [6.45, 7) is 2.69. The Kier molecular flexibility index (Phi) is 3.81. The Hall–Kier alpha value is -1.62. The Labute approximate surface area is 115 Å². The van der Waals surface area contributed by atoms with Crippen molar-refractivity contribution in [3.05, 3.63) is 46.5 Å². The number of hydrogen-bond donors (Lipinski definition) is 1. The summed E-state index contributed by atoms with van der Waals surface area (Å²) in [5.41, 5.74) is 9.57. The van der Waals surface area contributed by atoms with E-state index < -0.39 is 0 Å². The number of anilines is 2. The maximum absolute atomic E-state index is 5.95. The fraction of sp³-hybridized carbons (Fsp3) is 0.231. The molecular weight excluding hydrogens is 292 g/mol. The quantitative estimate of drug-likeness (QED) is 0.947. The predicted molar refractivity (Wildman–Crippen MR) is 77.4 cm³/mol. The SMILES string of the molecule is Cc1cccc(CN(C)c2c(N)cncc2Br)n1. The summed E-state index contributed by atoms with van der Waals surface area (Å²) < 4.78 is 0.887. The summed E-state index contributed by atoms with van der Waals surface area (Å²) in [4.78, 5) is 10.6. The molecule has 18 heavy (non-hydrogen) atoms. The van der Waals surface area contributed by atoms with E-state index in [9.17, 15) is 0 Å². The monoisotopic (exact) mass is 306 g/mol. The molecule has 2 aromatic heterocycles. The third-order valence-electron chi connectivity index (χ3n) is 2.63. The van der Waals surface area contributed by atoms with Gasteiger partial charge in [0, 0.05) is 18.9 Å². The third kappa shape index (κ3) is 2.79. The molecule has 0 spiro atoms. The van der Waals surface area contributed by atoms with Gasteiger partial charge in [-0.05, 0) is 35.0 Å². The first-order valence-electron chi connectivity index (χ1n) is 5.60. The van der Waals surface area contributed by atoms with Crippen LogP contribution in [0.2, 0.25) is 0 Å². The number of nitrogens with zero attached hydrogens (tertiary/aromatic N) is 3. The number of nitrogen functional groups attached to an aromatic ring is 1. The number of hydrogen-bond acceptors (Lipinski definition) is 4. The van der Waals surface area contributed by atoms with E-state index >= 15 is 0 Å². The molecule has 0 unspecified atom stereocenters. The highest BCUT2D eigenvalue weighted by Crippen LogP contribution is 2.30. The number of rotatable bonds is 3. The van der Waals surface area contributed by atoms with Crippen molar-refractivity contribution in [3.8, 4) is 0 Å². The first kappa shape index (κ1) is 12.8. The summed E-state index contributed by atoms with van der Waals surface area (Å²) in [7, 11) is 1.99. The number of nitrogens with two attached hydrogens (primary N) is 1. The van der Waals surface area contributed by atoms with Gasteiger partial charge < -0.3 is 10.6 Å². The van der Waals surface area contributed by atoms with E-state index in [1.54, 1.807) is 12.4 Å². The molecule has 2 heterocycles. The Morgan fingerprint density at radius 2 is 2.11 bits per heavy atom. The second-order valence-corrected chi connectivity index (χ2v) is 5.04. The van der Waals surface area contributed by atoms with Crippen LogP contribution in [0.5, 0.6) is 0 Å². The average Bonchev–Trinajstić information content (AvgIpc) is 2.28. The molecule has 0 fully saturated rings. The van der Waals surface area contributed by atoms with Crippen LogP contribution < -0.4 is 10.6 Å². The Morgan fingerprint density at radius 3 is 2.78 bits per heavy atom. The van der Waals surface area contributed by atoms with Crippen LogP contribution in [0.4, 0.5) is 11.4 Å². The molecule has 0 radical (unpaired) electrons. The summed E-state index contributed by atoms with van der Waals surface area (Å²) in [5, 5.41) is 0. The van der Waals surface area contributed by atoms with Gasteiger partial charge in [-0.3, -0.25) is 9.97 Å². The highest BCUT2D eigenvalue weighted by molar-refractivity contribution is 9.10. The molecule has 94 valence electrons. The van der Waals surface area contributed by atoms with Crippen molar-refractivity contribution in [2.24, 2.45) is 0 Å². The van der Waals surface area contributed by atoms with Crippen LogP contribution in [0.25, 0.3) is 0 Å². The maximum atomic E-state index is 5.95. The zero-order valence-electron chi connectivity index (χ0n) is 10.4. The van der Waals surface area contributed by atoms with E-state index in [0.29, 0.717) is 12.2 Å². The van der Waals surface area contributed by atoms with Crippen LogP contribution in [0.15, 0.2) is 35.1 Å². The Bertz CT molecular complexity index is 536. The van der Waals surface area contributed by atoms with Crippen molar-refractivity contribution < 1.29 is 0 Å². The van der Waals surface area contributed by atoms with Crippen molar-refractivity contribution >= 4 is 27.3 Å². The minimum atomic E-state index is 0.652. The Balaban J connectivity index is 2.25. The molecule has 0 aliphatic heterocycles. The lowest BCUT2D eigenvalue weighted by molar-refractivity contribution is 0.874. The van der Waals surface area contributed by atoms with Crippen molar-refractivity contribution in [1.82, 2.24) is 9.97 Å². The van der Waals surface area contributed by atoms with E-state index in [0.717, 1.165) is 21.5 Å². The van der Waals surface area contributed by atoms with Crippen molar-refractivity contribution in [2.45, 2.75) is 13.5 Å². The zero-order valence-corrected chi connectivity index (χ0v) is 12.0. The van der Waals surface area contributed by atoms with E-state index in [1.165, 1.54) is 0 Å². The molecule has 0 atom stereocenters. The fourth-order valence-electron chi connectivity index (χ4n) is 1.86. The highest BCUT2D eigenvalue weighted by atomic mass is 79.9. The van der Waals surface area contributed by atoms with E-state index in [1.807, 2.05) is 32.2 Å². The molecule has 2 aromatic rings. The molecule has 0 aliphatic carbocycles. The number of pyridine rings is 2. The van der Waals surface area contributed by atoms with E-state index in [4.69, 9.17) is 5.73 Å². The molecule has 0 amide bonds. The smallest absolute Gasteiger partial charge is 0.0776 e. The fourth-order valence-corrected chi connectivity index (χ4v) is 2.51. The van der Waals surface area contributed by atoms with Gasteiger partial charge >= 0.3 is 0 Å². The lowest BCUT2D eigenvalue weighted by Crippen LogP contribution is -2.19. The van der Waals surface area contributed by atoms with Gasteiger partial charge in [0.05, 0.1) is 34.3 Å². The molecule has 0 saturated carbocycles. The van der Waals surface area contributed by atoms with Crippen LogP contribution in [0, 0.1) is 6.92 Å². The molecule has 0 saturated heterocycles. The van der Waals surface area contributed by atoms with Crippen LogP contribution in [0.3, 0.4) is 0 Å². The van der Waals surface area contributed by atoms with Crippen LogP contribution >= 0.6 is 15.9 Å². The standard InChI is InChI=1S/C13H15BrN4/c1-9-4-3-5-10(17-9)8-18(2)13-11(14)6-16-7-12(13)15/h3-7H,8,15H2,1-2H3. The minimum absolute atomic E-state index is 0.652. The van der Waals surface area contributed by atoms with E-state index in [-0.39, 0.29) is 0 Å². The van der Waals surface area contributed by atoms with Gasteiger partial charge in [-0.1, -0.05) is 6.07 Å². The number of aromatic nitrogens is 2. The first-order valence-corrected chi connectivity index (χ1v) is 6.40. The molecule has 0 aromatic carbocycles. The second-order valence-electron chi connectivity index (χ2n) is 4.19. The maximum Gasteiger partial charge on any atom is 0.0776 e. The van der Waals surface area contributed by atoms with Crippen molar-refractivity contribution in [2.75, 3.05) is 17.7 Å². The van der Waals surface area contributed by atoms with Gasteiger partial charge in [-0.25, -0.2) is 0 Å². The average molecular weight is 307 g/mol. The molecule has 4 nitrogen and oxygen atoms in total. The number of halogens is 1. The lowest BCUT2D eigenvalue weighted by Gasteiger charge is -2.21. The first-order chi connectivity index (χ1) is 8.58. The second kappa shape index (κ2) is 5.35. The molecule has 0 bridgehead atoms. The van der Waals surface area contributed by atoms with Crippen LogP contribution in [0.1, 0.15) is 11.4 Å². The minimum Gasteiger partial charge on any atom is -0.396 e. The molecule has 2 rings (SSSR count). The molecule has 5 heteroatoms. The van der Waals surface area contributed by atoms with Crippen molar-refractivity contribution in [3.63, 3.8) is 0 Å².